The molecule has 0 spiro atoms. The molecule has 0 radical (unpaired) electrons. The zero-order valence-electron chi connectivity index (χ0n) is 24.3. The number of halogens is 2. The fraction of sp³-hybridized carbons (Fsp3) is 0.733. The zero-order valence-corrected chi connectivity index (χ0v) is 25.3. The number of alkyl halides is 2. The predicted molar refractivity (Wildman–Crippen MR) is 150 cm³/mol. The Kier molecular flexibility index (Phi) is 13.6. The number of rotatable bonds is 17. The van der Waals surface area contributed by atoms with E-state index in [2.05, 4.69) is 11.8 Å². The minimum atomic E-state index is -2.61. The van der Waals surface area contributed by atoms with Crippen LogP contribution in [0.25, 0.3) is 0 Å². The van der Waals surface area contributed by atoms with Crippen LogP contribution in [0, 0.1) is 11.8 Å². The topological polar surface area (TPSA) is 55.8 Å². The first kappa shape index (κ1) is 32.6. The summed E-state index contributed by atoms with van der Waals surface area (Å²) >= 11 is 0. The smallest absolute Gasteiger partial charge is 0.325 e. The van der Waals surface area contributed by atoms with Crippen molar-refractivity contribution >= 4 is 20.1 Å². The van der Waals surface area contributed by atoms with Crippen LogP contribution in [0.5, 0.6) is 0 Å². The molecule has 5 nitrogen and oxygen atoms in total. The molecule has 1 aliphatic heterocycles. The second-order valence-electron chi connectivity index (χ2n) is 11.4. The third-order valence-corrected chi connectivity index (χ3v) is 10.5. The van der Waals surface area contributed by atoms with Gasteiger partial charge in [-0.05, 0) is 63.6 Å². The summed E-state index contributed by atoms with van der Waals surface area (Å²) in [7, 11) is -2.61. The lowest BCUT2D eigenvalue weighted by Gasteiger charge is -2.34. The van der Waals surface area contributed by atoms with Crippen molar-refractivity contribution in [3.8, 4) is 0 Å². The maximum absolute atomic E-state index is 14.9. The molecule has 0 saturated carbocycles. The molecule has 216 valence electrons. The molecule has 1 aromatic rings. The highest BCUT2D eigenvalue weighted by molar-refractivity contribution is 6.72. The van der Waals surface area contributed by atoms with E-state index in [-0.39, 0.29) is 30.1 Å². The Morgan fingerprint density at radius 1 is 1.03 bits per heavy atom. The van der Waals surface area contributed by atoms with Gasteiger partial charge in [0.1, 0.15) is 17.6 Å². The normalized spacial score (nSPS) is 22.7. The molecule has 0 bridgehead atoms. The molecule has 2 rings (SSSR count). The Labute approximate surface area is 229 Å². The van der Waals surface area contributed by atoms with Crippen molar-refractivity contribution in [2.24, 2.45) is 11.8 Å². The number of nitrogens with zero attached hydrogens (tertiary/aromatic N) is 1. The van der Waals surface area contributed by atoms with Crippen LogP contribution in [0.4, 0.5) is 8.78 Å². The molecule has 0 amide bonds. The predicted octanol–water partition coefficient (Wildman–Crippen LogP) is 7.18. The van der Waals surface area contributed by atoms with Crippen molar-refractivity contribution in [1.29, 1.82) is 0 Å². The van der Waals surface area contributed by atoms with Crippen molar-refractivity contribution < 1.29 is 27.5 Å². The maximum atomic E-state index is 14.9. The van der Waals surface area contributed by atoms with Gasteiger partial charge in [0.15, 0.2) is 0 Å². The number of esters is 1. The summed E-state index contributed by atoms with van der Waals surface area (Å²) in [5.41, 5.74) is 1.03. The number of hydrogen-bond acceptors (Lipinski definition) is 5. The van der Waals surface area contributed by atoms with Crippen molar-refractivity contribution in [1.82, 2.24) is 4.90 Å². The average molecular weight is 554 g/mol. The summed E-state index contributed by atoms with van der Waals surface area (Å²) in [6.45, 7) is 12.1. The number of ether oxygens (including phenoxy) is 1. The van der Waals surface area contributed by atoms with E-state index in [0.29, 0.717) is 38.8 Å². The van der Waals surface area contributed by atoms with Gasteiger partial charge in [-0.15, -0.1) is 0 Å². The lowest BCUT2D eigenvalue weighted by molar-refractivity contribution is -0.164. The fourth-order valence-corrected chi connectivity index (χ4v) is 7.28. The molecular weight excluding hydrogens is 504 g/mol. The van der Waals surface area contributed by atoms with Crippen LogP contribution in [0.15, 0.2) is 30.3 Å². The summed E-state index contributed by atoms with van der Waals surface area (Å²) in [5.74, 6) is -1.66. The van der Waals surface area contributed by atoms with Crippen LogP contribution in [-0.4, -0.2) is 55.8 Å². The van der Waals surface area contributed by atoms with Crippen molar-refractivity contribution in [3.63, 3.8) is 0 Å². The van der Waals surface area contributed by atoms with Gasteiger partial charge >= 0.3 is 5.97 Å². The Morgan fingerprint density at radius 2 is 1.66 bits per heavy atom. The van der Waals surface area contributed by atoms with Gasteiger partial charge in [-0.1, -0.05) is 63.9 Å². The minimum absolute atomic E-state index is 0.0974. The van der Waals surface area contributed by atoms with Crippen molar-refractivity contribution in [2.75, 3.05) is 6.61 Å². The van der Waals surface area contributed by atoms with Crippen molar-refractivity contribution in [2.45, 2.75) is 123 Å². The fourth-order valence-electron chi connectivity index (χ4n) is 5.47. The van der Waals surface area contributed by atoms with Gasteiger partial charge < -0.3 is 9.16 Å². The third-order valence-electron chi connectivity index (χ3n) is 7.84. The van der Waals surface area contributed by atoms with Crippen molar-refractivity contribution in [3.05, 3.63) is 35.9 Å². The SMILES string of the molecule is CCCC(F)OC(=O)[C@H]1C[C@@H](CO[Si](C)(C)C(F)CCC)[C@@H](CC(CCC)C(C)=O)N1Cc1ccccc1. The molecule has 0 N–H and O–H groups in total. The minimum Gasteiger partial charge on any atom is -0.430 e. The molecule has 0 aromatic heterocycles. The number of likely N-dealkylation sites (tertiary alicyclic amines) is 1. The molecule has 1 saturated heterocycles. The van der Waals surface area contributed by atoms with E-state index < -0.39 is 32.5 Å². The van der Waals surface area contributed by atoms with Crippen LogP contribution in [0.1, 0.15) is 84.6 Å². The van der Waals surface area contributed by atoms with Crippen LogP contribution in [0.3, 0.4) is 0 Å². The number of benzene rings is 1. The second-order valence-corrected chi connectivity index (χ2v) is 15.5. The number of ketones is 1. The maximum Gasteiger partial charge on any atom is 0.325 e. The highest BCUT2D eigenvalue weighted by Gasteiger charge is 2.47. The van der Waals surface area contributed by atoms with E-state index in [1.54, 1.807) is 6.92 Å². The quantitative estimate of drug-likeness (QED) is 0.151. The molecule has 8 heteroatoms. The number of carbonyl (C=O) groups excluding carboxylic acids is 2. The highest BCUT2D eigenvalue weighted by atomic mass is 28.4. The van der Waals surface area contributed by atoms with Crippen LogP contribution in [-0.2, 0) is 25.3 Å². The Morgan fingerprint density at radius 3 is 2.24 bits per heavy atom. The molecule has 1 heterocycles. The molecule has 6 atom stereocenters. The van der Waals surface area contributed by atoms with Gasteiger partial charge in [0.05, 0.1) is 0 Å². The van der Waals surface area contributed by atoms with E-state index in [9.17, 15) is 18.4 Å². The summed E-state index contributed by atoms with van der Waals surface area (Å²) in [4.78, 5) is 28.0. The Balaban J connectivity index is 2.39. The summed E-state index contributed by atoms with van der Waals surface area (Å²) in [6, 6.07) is 9.04. The van der Waals surface area contributed by atoms with E-state index in [1.807, 2.05) is 57.3 Å². The van der Waals surface area contributed by atoms with E-state index in [1.165, 1.54) is 0 Å². The largest absolute Gasteiger partial charge is 0.430 e. The molecule has 3 unspecified atom stereocenters. The van der Waals surface area contributed by atoms with Crippen LogP contribution in [0.2, 0.25) is 13.1 Å². The second kappa shape index (κ2) is 15.8. The number of Topliss-reactive ketones (excluding diaryl/α,β-unsaturated/α-hetero) is 1. The standard InChI is InChI=1S/C30H49F2NO4Si/c1-7-13-24(22(4)34)18-26-25(21-36-38(5,6)29(32)15-9-3)19-27(30(35)37-28(31)14-8-2)33(26)20-23-16-11-10-12-17-23/h10-12,16-17,24-29H,7-9,13-15,18-21H2,1-6H3/t24?,25-,26+,27+,28?,29?/m0/s1. The molecule has 1 aliphatic rings. The van der Waals surface area contributed by atoms with Gasteiger partial charge in [-0.25, -0.2) is 8.78 Å². The van der Waals surface area contributed by atoms with Gasteiger partial charge in [0.2, 0.25) is 14.7 Å². The first-order chi connectivity index (χ1) is 18.0. The first-order valence-electron chi connectivity index (χ1n) is 14.5. The number of carbonyl (C=O) groups is 2. The van der Waals surface area contributed by atoms with Gasteiger partial charge in [-0.2, -0.15) is 0 Å². The van der Waals surface area contributed by atoms with E-state index in [4.69, 9.17) is 9.16 Å². The average Bonchev–Trinajstić information content (AvgIpc) is 3.20. The molecule has 0 aliphatic carbocycles. The van der Waals surface area contributed by atoms with Crippen LogP contribution >= 0.6 is 0 Å². The lowest BCUT2D eigenvalue weighted by atomic mass is 9.86. The summed E-state index contributed by atoms with van der Waals surface area (Å²) in [6.07, 6.45) is 2.97. The van der Waals surface area contributed by atoms with Crippen LogP contribution < -0.4 is 0 Å². The van der Waals surface area contributed by atoms with Gasteiger partial charge in [-0.3, -0.25) is 14.5 Å². The molecular formula is C30H49F2NO4Si. The highest BCUT2D eigenvalue weighted by Crippen LogP contribution is 2.38. The van der Waals surface area contributed by atoms with Gasteiger partial charge in [0, 0.05) is 31.5 Å². The first-order valence-corrected chi connectivity index (χ1v) is 17.4. The summed E-state index contributed by atoms with van der Waals surface area (Å²) in [5, 5.41) is 0. The summed E-state index contributed by atoms with van der Waals surface area (Å²) < 4.78 is 40.9. The lowest BCUT2D eigenvalue weighted by Crippen LogP contribution is -2.46. The molecule has 38 heavy (non-hydrogen) atoms. The van der Waals surface area contributed by atoms with Gasteiger partial charge in [0.25, 0.3) is 0 Å². The molecule has 1 fully saturated rings. The van der Waals surface area contributed by atoms with E-state index in [0.717, 1.165) is 24.8 Å². The zero-order chi connectivity index (χ0) is 28.3. The Hall–Kier alpha value is -1.64. The number of hydrogen-bond donors (Lipinski definition) is 0. The Bertz CT molecular complexity index is 856. The monoisotopic (exact) mass is 553 g/mol. The molecule has 1 aromatic carbocycles. The van der Waals surface area contributed by atoms with E-state index >= 15 is 0 Å². The third kappa shape index (κ3) is 9.52.